The largest absolute Gasteiger partial charge is 2.00 e. The maximum atomic E-state index is 3.25. The van der Waals surface area contributed by atoms with Crippen LogP contribution in [0.3, 0.4) is 0 Å². The van der Waals surface area contributed by atoms with E-state index in [1.165, 1.54) is 6.08 Å². The first kappa shape index (κ1) is 30.1. The minimum absolute atomic E-state index is 0. The Hall–Kier alpha value is 0.666. The standard InChI is InChI=1S/C3H5.CH3.ClH.Mg/c1-3-2;;;/h3H,1-2H2;1H3;1H;/q2*-1;;+2. The topological polar surface area (TPSA) is 0 Å². The maximum absolute atomic E-state index is 3.25. The molecule has 0 aliphatic heterocycles. The molecule has 0 aliphatic carbocycles. The van der Waals surface area contributed by atoms with E-state index in [0.29, 0.717) is 0 Å². The number of allylic oxidation sites excluding steroid dienone is 1. The summed E-state index contributed by atoms with van der Waals surface area (Å²) in [5.74, 6) is 0. The Kier molecular flexibility index (Phi) is 223. The Labute approximate surface area is 62.6 Å². The third kappa shape index (κ3) is 141. The summed E-state index contributed by atoms with van der Waals surface area (Å²) < 4.78 is 0. The molecule has 0 saturated heterocycles. The molecule has 0 heterocycles. The average Bonchev–Trinajstić information content (AvgIpc) is 0.918. The van der Waals surface area contributed by atoms with Gasteiger partial charge in [-0.15, -0.1) is 12.4 Å². The van der Waals surface area contributed by atoms with Crippen LogP contribution in [0.1, 0.15) is 0 Å². The van der Waals surface area contributed by atoms with Crippen LogP contribution in [0.4, 0.5) is 0 Å². The van der Waals surface area contributed by atoms with Gasteiger partial charge in [-0.05, 0) is 0 Å². The Balaban J connectivity index is -0.00000000667. The summed E-state index contributed by atoms with van der Waals surface area (Å²) in [5, 5.41) is 0. The predicted octanol–water partition coefficient (Wildman–Crippen LogP) is 1.50. The molecule has 0 radical (unpaired) electrons. The maximum Gasteiger partial charge on any atom is 2.00 e. The molecule has 6 heavy (non-hydrogen) atoms. The quantitative estimate of drug-likeness (QED) is 0.333. The second kappa shape index (κ2) is 44.4. The summed E-state index contributed by atoms with van der Waals surface area (Å²) in [6.07, 6.45) is 1.50. The molecular formula is C4H9ClMg. The van der Waals surface area contributed by atoms with Crippen molar-refractivity contribution in [2.24, 2.45) is 0 Å². The van der Waals surface area contributed by atoms with Crippen molar-refractivity contribution in [1.29, 1.82) is 0 Å². The van der Waals surface area contributed by atoms with E-state index >= 15 is 0 Å². The molecule has 0 aromatic rings. The van der Waals surface area contributed by atoms with E-state index < -0.39 is 0 Å². The van der Waals surface area contributed by atoms with E-state index in [4.69, 9.17) is 0 Å². The number of rotatable bonds is 0. The van der Waals surface area contributed by atoms with Crippen LogP contribution in [-0.4, -0.2) is 23.1 Å². The van der Waals surface area contributed by atoms with Crippen LogP contribution in [0.5, 0.6) is 0 Å². The van der Waals surface area contributed by atoms with Crippen molar-refractivity contribution in [2.45, 2.75) is 0 Å². The van der Waals surface area contributed by atoms with E-state index in [2.05, 4.69) is 13.5 Å². The molecule has 0 aromatic heterocycles. The van der Waals surface area contributed by atoms with Crippen molar-refractivity contribution in [1.82, 2.24) is 0 Å². The Morgan fingerprint density at radius 1 is 1.50 bits per heavy atom. The molecule has 0 amide bonds. The van der Waals surface area contributed by atoms with Crippen molar-refractivity contribution >= 4 is 35.5 Å². The fraction of sp³-hybridized carbons (Fsp3) is 0. The van der Waals surface area contributed by atoms with Crippen molar-refractivity contribution < 1.29 is 0 Å². The van der Waals surface area contributed by atoms with Gasteiger partial charge < -0.3 is 7.43 Å². The molecule has 34 valence electrons. The first-order valence-electron chi connectivity index (χ1n) is 0.816. The zero-order chi connectivity index (χ0) is 2.71. The smallest absolute Gasteiger partial charge is 0.358 e. The van der Waals surface area contributed by atoms with Gasteiger partial charge in [0, 0.05) is 0 Å². The van der Waals surface area contributed by atoms with Gasteiger partial charge in [-0.3, -0.25) is 0 Å². The van der Waals surface area contributed by atoms with Gasteiger partial charge in [-0.25, -0.2) is 19.6 Å². The summed E-state index contributed by atoms with van der Waals surface area (Å²) in [6.45, 7) is 6.50. The first-order chi connectivity index (χ1) is 1.41. The molecule has 0 spiro atoms. The Morgan fingerprint density at radius 2 is 1.50 bits per heavy atom. The molecule has 0 rings (SSSR count). The monoisotopic (exact) mass is 116 g/mol. The van der Waals surface area contributed by atoms with Gasteiger partial charge in [-0.1, -0.05) is 0 Å². The summed E-state index contributed by atoms with van der Waals surface area (Å²) in [5.41, 5.74) is 0. The van der Waals surface area contributed by atoms with Crippen LogP contribution in [0.15, 0.2) is 12.7 Å². The Morgan fingerprint density at radius 3 is 1.50 bits per heavy atom. The normalized spacial score (nSPS) is 2.00. The minimum atomic E-state index is 0. The van der Waals surface area contributed by atoms with Gasteiger partial charge in [0.25, 0.3) is 0 Å². The fourth-order valence-electron chi connectivity index (χ4n) is 0. The summed E-state index contributed by atoms with van der Waals surface area (Å²) in [7, 11) is 0. The van der Waals surface area contributed by atoms with Crippen LogP contribution in [0, 0.1) is 14.4 Å². The SMILES string of the molecule is C=C[CH2-].Cl.[CH3-].[Mg+2]. The number of hydrogen-bond donors (Lipinski definition) is 0. The molecule has 2 heteroatoms. The van der Waals surface area contributed by atoms with E-state index in [1.54, 1.807) is 0 Å². The predicted molar refractivity (Wildman–Crippen MR) is 35.0 cm³/mol. The van der Waals surface area contributed by atoms with Gasteiger partial charge >= 0.3 is 23.1 Å². The van der Waals surface area contributed by atoms with E-state index in [9.17, 15) is 0 Å². The zero-order valence-electron chi connectivity index (χ0n) is 4.11. The summed E-state index contributed by atoms with van der Waals surface area (Å²) in [4.78, 5) is 0. The molecule has 0 nitrogen and oxygen atoms in total. The fourth-order valence-corrected chi connectivity index (χ4v) is 0. The molecule has 0 aromatic carbocycles. The van der Waals surface area contributed by atoms with Gasteiger partial charge in [0.1, 0.15) is 0 Å². The number of halogens is 1. The van der Waals surface area contributed by atoms with Gasteiger partial charge in [-0.2, -0.15) is 0 Å². The van der Waals surface area contributed by atoms with Crippen LogP contribution < -0.4 is 0 Å². The number of hydrogen-bond acceptors (Lipinski definition) is 0. The zero-order valence-corrected chi connectivity index (χ0v) is 6.34. The molecule has 0 N–H and O–H groups in total. The molecule has 0 bridgehead atoms. The van der Waals surface area contributed by atoms with E-state index in [0.717, 1.165) is 0 Å². The van der Waals surface area contributed by atoms with Crippen molar-refractivity contribution in [2.75, 3.05) is 0 Å². The van der Waals surface area contributed by atoms with E-state index in [-0.39, 0.29) is 42.9 Å². The van der Waals surface area contributed by atoms with Crippen LogP contribution in [0.2, 0.25) is 0 Å². The van der Waals surface area contributed by atoms with Gasteiger partial charge in [0.15, 0.2) is 0 Å². The Bertz CT molecular complexity index is 15.0. The first-order valence-corrected chi connectivity index (χ1v) is 0.816. The average molecular weight is 117 g/mol. The molecular weight excluding hydrogens is 108 g/mol. The third-order valence-electron chi connectivity index (χ3n) is 0. The minimum Gasteiger partial charge on any atom is -0.358 e. The van der Waals surface area contributed by atoms with Crippen molar-refractivity contribution in [3.05, 3.63) is 27.0 Å². The van der Waals surface area contributed by atoms with Crippen LogP contribution >= 0.6 is 12.4 Å². The van der Waals surface area contributed by atoms with Crippen LogP contribution in [-0.2, 0) is 0 Å². The summed E-state index contributed by atoms with van der Waals surface area (Å²) in [6, 6.07) is 0. The van der Waals surface area contributed by atoms with E-state index in [1.807, 2.05) is 0 Å². The molecule has 0 atom stereocenters. The van der Waals surface area contributed by atoms with Crippen molar-refractivity contribution in [3.8, 4) is 0 Å². The van der Waals surface area contributed by atoms with Crippen molar-refractivity contribution in [3.63, 3.8) is 0 Å². The van der Waals surface area contributed by atoms with Crippen LogP contribution in [0.25, 0.3) is 0 Å². The molecule has 0 unspecified atom stereocenters. The second-order valence-electron chi connectivity index (χ2n) is 0.289. The summed E-state index contributed by atoms with van der Waals surface area (Å²) >= 11 is 0. The van der Waals surface area contributed by atoms with Gasteiger partial charge in [0.05, 0.1) is 0 Å². The molecule has 0 fully saturated rings. The second-order valence-corrected chi connectivity index (χ2v) is 0.289. The third-order valence-corrected chi connectivity index (χ3v) is 0. The molecule has 0 saturated carbocycles. The molecule has 0 aliphatic rings. The van der Waals surface area contributed by atoms with Gasteiger partial charge in [0.2, 0.25) is 0 Å².